The summed E-state index contributed by atoms with van der Waals surface area (Å²) >= 11 is 0. The summed E-state index contributed by atoms with van der Waals surface area (Å²) in [5, 5.41) is 11.4. The van der Waals surface area contributed by atoms with Gasteiger partial charge in [-0.15, -0.1) is 0 Å². The Hall–Kier alpha value is -1.88. The van der Waals surface area contributed by atoms with Crippen LogP contribution in [0.1, 0.15) is 51.5 Å². The van der Waals surface area contributed by atoms with E-state index < -0.39 is 5.91 Å². The molecule has 0 spiro atoms. The molecule has 1 aromatic rings. The van der Waals surface area contributed by atoms with Gasteiger partial charge in [-0.05, 0) is 37.0 Å². The first-order valence-corrected chi connectivity index (χ1v) is 7.93. The second kappa shape index (κ2) is 9.95. The molecule has 0 aliphatic carbocycles. The first-order valence-electron chi connectivity index (χ1n) is 7.93. The van der Waals surface area contributed by atoms with Crippen LogP contribution in [0.25, 0.3) is 0 Å². The van der Waals surface area contributed by atoms with Crippen molar-refractivity contribution in [2.45, 2.75) is 52.4 Å². The lowest BCUT2D eigenvalue weighted by molar-refractivity contribution is -0.129. The fraction of sp³-hybridized carbons (Fsp3) is 0.529. The van der Waals surface area contributed by atoms with Crippen molar-refractivity contribution in [1.29, 1.82) is 0 Å². The van der Waals surface area contributed by atoms with Crippen molar-refractivity contribution in [1.82, 2.24) is 5.48 Å². The lowest BCUT2D eigenvalue weighted by atomic mass is 9.97. The van der Waals surface area contributed by atoms with E-state index in [4.69, 9.17) is 5.21 Å². The van der Waals surface area contributed by atoms with Gasteiger partial charge in [-0.3, -0.25) is 14.8 Å². The molecule has 0 aromatic heterocycles. The van der Waals surface area contributed by atoms with Gasteiger partial charge in [-0.25, -0.2) is 5.48 Å². The maximum absolute atomic E-state index is 12.2. The summed E-state index contributed by atoms with van der Waals surface area (Å²) in [6.07, 6.45) is 4.61. The molecule has 0 fully saturated rings. The number of amides is 2. The van der Waals surface area contributed by atoms with Gasteiger partial charge in [0.15, 0.2) is 0 Å². The van der Waals surface area contributed by atoms with Gasteiger partial charge in [-0.1, -0.05) is 38.8 Å². The highest BCUT2D eigenvalue weighted by Crippen LogP contribution is 2.17. The number of hydrogen-bond donors (Lipinski definition) is 3. The van der Waals surface area contributed by atoms with Crippen LogP contribution in [0.15, 0.2) is 24.3 Å². The van der Waals surface area contributed by atoms with Gasteiger partial charge in [0.1, 0.15) is 0 Å². The number of nitrogens with one attached hydrogen (secondary N) is 2. The summed E-state index contributed by atoms with van der Waals surface area (Å²) in [7, 11) is 0. The summed E-state index contributed by atoms with van der Waals surface area (Å²) in [4.78, 5) is 23.2. The largest absolute Gasteiger partial charge is 0.326 e. The molecule has 5 nitrogen and oxygen atoms in total. The maximum Gasteiger partial charge on any atom is 0.243 e. The van der Waals surface area contributed by atoms with Crippen LogP contribution >= 0.6 is 0 Å². The molecule has 22 heavy (non-hydrogen) atoms. The highest BCUT2D eigenvalue weighted by atomic mass is 16.5. The molecule has 122 valence electrons. The summed E-state index contributed by atoms with van der Waals surface area (Å²) < 4.78 is 0. The highest BCUT2D eigenvalue weighted by Gasteiger charge is 2.16. The van der Waals surface area contributed by atoms with Gasteiger partial charge in [0.25, 0.3) is 0 Å². The minimum Gasteiger partial charge on any atom is -0.326 e. The number of hydrogen-bond acceptors (Lipinski definition) is 3. The van der Waals surface area contributed by atoms with E-state index in [9.17, 15) is 9.59 Å². The van der Waals surface area contributed by atoms with Crippen LogP contribution in [0, 0.1) is 5.92 Å². The molecule has 0 bridgehead atoms. The molecule has 0 atom stereocenters. The quantitative estimate of drug-likeness (QED) is 0.484. The van der Waals surface area contributed by atoms with E-state index in [1.54, 1.807) is 5.48 Å². The van der Waals surface area contributed by atoms with Crippen LogP contribution in [-0.2, 0) is 16.0 Å². The van der Waals surface area contributed by atoms with Crippen LogP contribution < -0.4 is 10.8 Å². The number of aryl methyl sites for hydroxylation is 1. The van der Waals surface area contributed by atoms with Crippen molar-refractivity contribution in [2.75, 3.05) is 5.32 Å². The Morgan fingerprint density at radius 1 is 1.09 bits per heavy atom. The third kappa shape index (κ3) is 6.26. The standard InChI is InChI=1S/C17H26N2O3/c1-3-5-14(6-4-2)17(21)18-15-10-7-13(8-11-15)9-12-16(20)19-22/h7-8,10-11,14,22H,3-6,9,12H2,1-2H3,(H,18,21)(H,19,20). The lowest BCUT2D eigenvalue weighted by Gasteiger charge is -2.15. The number of carbonyl (C=O) groups excluding carboxylic acids is 2. The molecule has 1 rings (SSSR count). The molecule has 0 aliphatic heterocycles. The van der Waals surface area contributed by atoms with Gasteiger partial charge in [-0.2, -0.15) is 0 Å². The number of anilines is 1. The number of rotatable bonds is 9. The van der Waals surface area contributed by atoms with Gasteiger partial charge >= 0.3 is 0 Å². The smallest absolute Gasteiger partial charge is 0.243 e. The van der Waals surface area contributed by atoms with E-state index in [2.05, 4.69) is 19.2 Å². The summed E-state index contributed by atoms with van der Waals surface area (Å²) in [5.74, 6) is -0.251. The Kier molecular flexibility index (Phi) is 8.22. The predicted octanol–water partition coefficient (Wildman–Crippen LogP) is 3.28. The number of hydroxylamine groups is 1. The molecule has 0 aliphatic rings. The van der Waals surface area contributed by atoms with Crippen LogP contribution in [0.3, 0.4) is 0 Å². The third-order valence-electron chi connectivity index (χ3n) is 3.63. The summed E-state index contributed by atoms with van der Waals surface area (Å²) in [6, 6.07) is 7.46. The molecule has 2 amide bonds. The Bertz CT molecular complexity index is 465. The molecular weight excluding hydrogens is 280 g/mol. The monoisotopic (exact) mass is 306 g/mol. The Morgan fingerprint density at radius 2 is 1.68 bits per heavy atom. The van der Waals surface area contributed by atoms with E-state index in [1.165, 1.54) is 0 Å². The highest BCUT2D eigenvalue weighted by molar-refractivity contribution is 5.92. The first-order chi connectivity index (χ1) is 10.6. The molecule has 0 radical (unpaired) electrons. The zero-order valence-corrected chi connectivity index (χ0v) is 13.4. The Labute approximate surface area is 132 Å². The zero-order valence-electron chi connectivity index (χ0n) is 13.4. The molecule has 1 aromatic carbocycles. The van der Waals surface area contributed by atoms with Crippen molar-refractivity contribution in [3.8, 4) is 0 Å². The number of benzene rings is 1. The van der Waals surface area contributed by atoms with E-state index in [0.717, 1.165) is 36.9 Å². The molecule has 5 heteroatoms. The minimum atomic E-state index is -0.403. The Morgan fingerprint density at radius 3 is 2.18 bits per heavy atom. The van der Waals surface area contributed by atoms with Crippen molar-refractivity contribution in [2.24, 2.45) is 5.92 Å². The van der Waals surface area contributed by atoms with Crippen LogP contribution in [-0.4, -0.2) is 17.0 Å². The van der Waals surface area contributed by atoms with E-state index in [0.29, 0.717) is 6.42 Å². The van der Waals surface area contributed by atoms with E-state index in [1.807, 2.05) is 24.3 Å². The SMILES string of the molecule is CCCC(CCC)C(=O)Nc1ccc(CCC(=O)NO)cc1. The summed E-state index contributed by atoms with van der Waals surface area (Å²) in [6.45, 7) is 4.18. The normalized spacial score (nSPS) is 10.5. The lowest BCUT2D eigenvalue weighted by Crippen LogP contribution is -2.22. The third-order valence-corrected chi connectivity index (χ3v) is 3.63. The van der Waals surface area contributed by atoms with Gasteiger partial charge in [0.2, 0.25) is 11.8 Å². The van der Waals surface area contributed by atoms with E-state index in [-0.39, 0.29) is 18.2 Å². The molecule has 0 saturated carbocycles. The van der Waals surface area contributed by atoms with Gasteiger partial charge < -0.3 is 5.32 Å². The van der Waals surface area contributed by atoms with Gasteiger partial charge in [0.05, 0.1) is 0 Å². The van der Waals surface area contributed by atoms with Crippen LogP contribution in [0.2, 0.25) is 0 Å². The fourth-order valence-electron chi connectivity index (χ4n) is 2.42. The van der Waals surface area contributed by atoms with Crippen LogP contribution in [0.5, 0.6) is 0 Å². The Balaban J connectivity index is 2.55. The molecule has 0 unspecified atom stereocenters. The summed E-state index contributed by atoms with van der Waals surface area (Å²) in [5.41, 5.74) is 3.37. The van der Waals surface area contributed by atoms with Gasteiger partial charge in [0, 0.05) is 18.0 Å². The van der Waals surface area contributed by atoms with E-state index >= 15 is 0 Å². The second-order valence-corrected chi connectivity index (χ2v) is 5.50. The molecule has 0 saturated heterocycles. The fourth-order valence-corrected chi connectivity index (χ4v) is 2.42. The van der Waals surface area contributed by atoms with Crippen molar-refractivity contribution in [3.63, 3.8) is 0 Å². The van der Waals surface area contributed by atoms with Crippen molar-refractivity contribution >= 4 is 17.5 Å². The topological polar surface area (TPSA) is 78.4 Å². The predicted molar refractivity (Wildman–Crippen MR) is 86.6 cm³/mol. The average Bonchev–Trinajstić information content (AvgIpc) is 2.53. The zero-order chi connectivity index (χ0) is 16.4. The molecular formula is C17H26N2O3. The number of carbonyl (C=O) groups is 2. The average molecular weight is 306 g/mol. The van der Waals surface area contributed by atoms with Crippen LogP contribution in [0.4, 0.5) is 5.69 Å². The minimum absolute atomic E-state index is 0.0722. The molecule has 0 heterocycles. The van der Waals surface area contributed by atoms with Crippen molar-refractivity contribution < 1.29 is 14.8 Å². The maximum atomic E-state index is 12.2. The molecule has 3 N–H and O–H groups in total. The van der Waals surface area contributed by atoms with Crippen molar-refractivity contribution in [3.05, 3.63) is 29.8 Å². The second-order valence-electron chi connectivity index (χ2n) is 5.50. The first kappa shape index (κ1) is 18.2.